The lowest BCUT2D eigenvalue weighted by Gasteiger charge is -2.30. The molecule has 1 aliphatic rings. The maximum atomic E-state index is 13.2. The molecular formula is C15H16F2N4. The summed E-state index contributed by atoms with van der Waals surface area (Å²) in [6.45, 7) is 1.70. The summed E-state index contributed by atoms with van der Waals surface area (Å²) in [5.74, 6) is -0.482. The number of rotatable bonds is 2. The van der Waals surface area contributed by atoms with Crippen molar-refractivity contribution >= 4 is 5.82 Å². The smallest absolute Gasteiger partial charge is 0.151 e. The quantitative estimate of drug-likeness (QED) is 0.922. The monoisotopic (exact) mass is 290 g/mol. The molecule has 1 aliphatic heterocycles. The Labute approximate surface area is 121 Å². The van der Waals surface area contributed by atoms with Gasteiger partial charge in [-0.25, -0.2) is 8.78 Å². The molecule has 2 N–H and O–H groups in total. The second-order valence-electron chi connectivity index (χ2n) is 5.26. The Bertz CT molecular complexity index is 602. The number of nitrogens with two attached hydrogens (primary N) is 1. The molecule has 0 aliphatic carbocycles. The number of piperidine rings is 1. The van der Waals surface area contributed by atoms with Gasteiger partial charge in [0, 0.05) is 30.8 Å². The van der Waals surface area contributed by atoms with Gasteiger partial charge in [-0.3, -0.25) is 0 Å². The molecule has 6 heteroatoms. The van der Waals surface area contributed by atoms with E-state index in [4.69, 9.17) is 5.73 Å². The van der Waals surface area contributed by atoms with E-state index in [1.807, 2.05) is 6.07 Å². The van der Waals surface area contributed by atoms with Gasteiger partial charge in [0.1, 0.15) is 11.6 Å². The van der Waals surface area contributed by atoms with Crippen LogP contribution in [0.4, 0.5) is 14.6 Å². The number of aromatic nitrogens is 2. The Morgan fingerprint density at radius 2 is 1.67 bits per heavy atom. The fraction of sp³-hybridized carbons (Fsp3) is 0.333. The first-order valence-electron chi connectivity index (χ1n) is 6.92. The molecule has 1 aromatic carbocycles. The van der Waals surface area contributed by atoms with Gasteiger partial charge in [-0.2, -0.15) is 0 Å². The third-order valence-corrected chi connectivity index (χ3v) is 3.67. The Hall–Kier alpha value is -2.08. The van der Waals surface area contributed by atoms with Gasteiger partial charge in [0.25, 0.3) is 0 Å². The second-order valence-corrected chi connectivity index (χ2v) is 5.26. The minimum absolute atomic E-state index is 0.253. The fourth-order valence-corrected chi connectivity index (χ4v) is 2.48. The minimum atomic E-state index is -0.624. The molecule has 0 amide bonds. The van der Waals surface area contributed by atoms with Crippen molar-refractivity contribution in [1.82, 2.24) is 10.2 Å². The van der Waals surface area contributed by atoms with Gasteiger partial charge in [-0.15, -0.1) is 10.2 Å². The van der Waals surface area contributed by atoms with Crippen LogP contribution in [0.5, 0.6) is 0 Å². The predicted octanol–water partition coefficient (Wildman–Crippen LogP) is 2.35. The average molecular weight is 290 g/mol. The van der Waals surface area contributed by atoms with Crippen molar-refractivity contribution in [2.24, 2.45) is 5.73 Å². The van der Waals surface area contributed by atoms with E-state index in [0.29, 0.717) is 11.3 Å². The van der Waals surface area contributed by atoms with Gasteiger partial charge in [-0.05, 0) is 37.1 Å². The number of nitrogens with zero attached hydrogens (tertiary/aromatic N) is 3. The van der Waals surface area contributed by atoms with Crippen molar-refractivity contribution in [1.29, 1.82) is 0 Å². The lowest BCUT2D eigenvalue weighted by atomic mass is 10.1. The molecule has 2 aromatic rings. The summed E-state index contributed by atoms with van der Waals surface area (Å²) in [7, 11) is 0. The van der Waals surface area contributed by atoms with E-state index < -0.39 is 11.6 Å². The molecule has 2 heterocycles. The van der Waals surface area contributed by atoms with E-state index >= 15 is 0 Å². The highest BCUT2D eigenvalue weighted by molar-refractivity contribution is 5.59. The third kappa shape index (κ3) is 3.16. The lowest BCUT2D eigenvalue weighted by Crippen LogP contribution is -2.40. The summed E-state index contributed by atoms with van der Waals surface area (Å²) in [5, 5.41) is 8.22. The van der Waals surface area contributed by atoms with Gasteiger partial charge in [-0.1, -0.05) is 0 Å². The van der Waals surface area contributed by atoms with E-state index in [0.717, 1.165) is 37.8 Å². The fourth-order valence-electron chi connectivity index (χ4n) is 2.48. The van der Waals surface area contributed by atoms with Gasteiger partial charge < -0.3 is 10.6 Å². The number of benzene rings is 1. The van der Waals surface area contributed by atoms with Crippen molar-refractivity contribution in [2.45, 2.75) is 18.9 Å². The Morgan fingerprint density at radius 1 is 1.00 bits per heavy atom. The van der Waals surface area contributed by atoms with Crippen LogP contribution in [0, 0.1) is 11.6 Å². The Kier molecular flexibility index (Phi) is 3.79. The summed E-state index contributed by atoms with van der Waals surface area (Å²) in [6.07, 6.45) is 1.86. The van der Waals surface area contributed by atoms with Crippen LogP contribution in [0.1, 0.15) is 12.8 Å². The molecule has 4 nitrogen and oxygen atoms in total. The zero-order valence-electron chi connectivity index (χ0n) is 11.5. The molecule has 0 spiro atoms. The largest absolute Gasteiger partial charge is 0.355 e. The van der Waals surface area contributed by atoms with Crippen LogP contribution in [0.3, 0.4) is 0 Å². The molecule has 0 atom stereocenters. The zero-order valence-corrected chi connectivity index (χ0v) is 11.5. The molecule has 21 heavy (non-hydrogen) atoms. The van der Waals surface area contributed by atoms with Crippen LogP contribution in [0.15, 0.2) is 30.3 Å². The van der Waals surface area contributed by atoms with Crippen molar-refractivity contribution in [2.75, 3.05) is 18.0 Å². The topological polar surface area (TPSA) is 55.0 Å². The molecule has 0 saturated carbocycles. The van der Waals surface area contributed by atoms with Gasteiger partial charge in [0.15, 0.2) is 5.82 Å². The maximum absolute atomic E-state index is 13.2. The van der Waals surface area contributed by atoms with E-state index in [1.54, 1.807) is 6.07 Å². The van der Waals surface area contributed by atoms with Crippen LogP contribution in [-0.2, 0) is 0 Å². The van der Waals surface area contributed by atoms with E-state index in [1.165, 1.54) is 12.1 Å². The highest BCUT2D eigenvalue weighted by Gasteiger charge is 2.17. The summed E-state index contributed by atoms with van der Waals surface area (Å²) in [4.78, 5) is 2.12. The van der Waals surface area contributed by atoms with Crippen molar-refractivity contribution in [3.8, 4) is 11.3 Å². The molecule has 0 bridgehead atoms. The summed E-state index contributed by atoms with van der Waals surface area (Å²) < 4.78 is 26.4. The van der Waals surface area contributed by atoms with Crippen LogP contribution >= 0.6 is 0 Å². The summed E-state index contributed by atoms with van der Waals surface area (Å²) in [6, 6.07) is 7.12. The van der Waals surface area contributed by atoms with Gasteiger partial charge in [0.05, 0.1) is 5.69 Å². The standard InChI is InChI=1S/C15H16F2N4/c16-11-7-10(8-12(17)9-11)14-1-2-15(20-19-14)21-5-3-13(18)4-6-21/h1-2,7-9,13H,3-6,18H2. The highest BCUT2D eigenvalue weighted by atomic mass is 19.1. The summed E-state index contributed by atoms with van der Waals surface area (Å²) >= 11 is 0. The molecule has 1 fully saturated rings. The van der Waals surface area contributed by atoms with Crippen LogP contribution in [0.2, 0.25) is 0 Å². The minimum Gasteiger partial charge on any atom is -0.355 e. The van der Waals surface area contributed by atoms with Crippen molar-refractivity contribution < 1.29 is 8.78 Å². The molecule has 0 radical (unpaired) electrons. The normalized spacial score (nSPS) is 16.2. The van der Waals surface area contributed by atoms with Gasteiger partial charge >= 0.3 is 0 Å². The average Bonchev–Trinajstić information content (AvgIpc) is 2.47. The second kappa shape index (κ2) is 5.73. The molecule has 1 aromatic heterocycles. The molecular weight excluding hydrogens is 274 g/mol. The highest BCUT2D eigenvalue weighted by Crippen LogP contribution is 2.22. The Balaban J connectivity index is 1.80. The van der Waals surface area contributed by atoms with Crippen LogP contribution in [0.25, 0.3) is 11.3 Å². The van der Waals surface area contributed by atoms with Gasteiger partial charge in [0.2, 0.25) is 0 Å². The molecule has 0 unspecified atom stereocenters. The third-order valence-electron chi connectivity index (χ3n) is 3.67. The first-order chi connectivity index (χ1) is 10.1. The van der Waals surface area contributed by atoms with Crippen LogP contribution in [-0.4, -0.2) is 29.3 Å². The first-order valence-corrected chi connectivity index (χ1v) is 6.92. The number of hydrogen-bond acceptors (Lipinski definition) is 4. The maximum Gasteiger partial charge on any atom is 0.151 e. The van der Waals surface area contributed by atoms with Crippen molar-refractivity contribution in [3.05, 3.63) is 42.0 Å². The molecule has 3 rings (SSSR count). The number of anilines is 1. The molecule has 110 valence electrons. The number of hydrogen-bond donors (Lipinski definition) is 1. The number of halogens is 2. The van der Waals surface area contributed by atoms with E-state index in [-0.39, 0.29) is 6.04 Å². The van der Waals surface area contributed by atoms with Crippen LogP contribution < -0.4 is 10.6 Å². The Morgan fingerprint density at radius 3 is 2.24 bits per heavy atom. The summed E-state index contributed by atoms with van der Waals surface area (Å²) in [5.41, 5.74) is 6.70. The van der Waals surface area contributed by atoms with Crippen molar-refractivity contribution in [3.63, 3.8) is 0 Å². The van der Waals surface area contributed by atoms with E-state index in [2.05, 4.69) is 15.1 Å². The SMILES string of the molecule is NC1CCN(c2ccc(-c3cc(F)cc(F)c3)nn2)CC1. The van der Waals surface area contributed by atoms with E-state index in [9.17, 15) is 8.78 Å². The zero-order chi connectivity index (χ0) is 14.8. The first kappa shape index (κ1) is 13.9. The molecule has 1 saturated heterocycles. The predicted molar refractivity (Wildman–Crippen MR) is 76.8 cm³/mol. The lowest BCUT2D eigenvalue weighted by molar-refractivity contribution is 0.497.